The highest BCUT2D eigenvalue weighted by Gasteiger charge is 2.32. The smallest absolute Gasteiger partial charge is 0.183 e. The number of rotatable bonds is 4. The first-order valence-corrected chi connectivity index (χ1v) is 10.5. The first-order valence-electron chi connectivity index (χ1n) is 8.99. The molecule has 0 saturated carbocycles. The Morgan fingerprint density at radius 3 is 2.48 bits per heavy atom. The lowest BCUT2D eigenvalue weighted by atomic mass is 10.2. The van der Waals surface area contributed by atoms with E-state index in [0.29, 0.717) is 62.2 Å². The minimum atomic E-state index is -3.50. The van der Waals surface area contributed by atoms with Crippen LogP contribution in [-0.2, 0) is 19.3 Å². The topological polar surface area (TPSA) is 94.5 Å². The van der Waals surface area contributed by atoms with Gasteiger partial charge in [0.05, 0.1) is 35.7 Å². The fourth-order valence-electron chi connectivity index (χ4n) is 3.23. The van der Waals surface area contributed by atoms with Gasteiger partial charge in [-0.1, -0.05) is 0 Å². The summed E-state index contributed by atoms with van der Waals surface area (Å²) in [5, 5.41) is -0.514. The maximum Gasteiger partial charge on any atom is 0.183 e. The molecule has 0 bridgehead atoms. The van der Waals surface area contributed by atoms with Crippen molar-refractivity contribution in [2.45, 2.75) is 23.5 Å². The lowest BCUT2D eigenvalue weighted by Gasteiger charge is -2.28. The second kappa shape index (κ2) is 7.49. The molecule has 2 fully saturated rings. The summed E-state index contributed by atoms with van der Waals surface area (Å²) in [7, 11) is -3.50. The van der Waals surface area contributed by atoms with Gasteiger partial charge in [0.1, 0.15) is 11.6 Å². The van der Waals surface area contributed by atoms with Gasteiger partial charge in [0.25, 0.3) is 0 Å². The largest absolute Gasteiger partial charge is 0.380 e. The number of sulfone groups is 1. The van der Waals surface area contributed by atoms with Crippen LogP contribution >= 0.6 is 0 Å². The van der Waals surface area contributed by atoms with Crippen molar-refractivity contribution < 1.29 is 17.9 Å². The van der Waals surface area contributed by atoms with E-state index in [1.165, 1.54) is 0 Å². The molecule has 2 aromatic rings. The highest BCUT2D eigenvalue weighted by molar-refractivity contribution is 7.92. The van der Waals surface area contributed by atoms with E-state index in [1.54, 1.807) is 31.5 Å². The van der Waals surface area contributed by atoms with E-state index in [-0.39, 0.29) is 11.5 Å². The van der Waals surface area contributed by atoms with E-state index in [1.807, 2.05) is 4.90 Å². The zero-order valence-electron chi connectivity index (χ0n) is 15.2. The van der Waals surface area contributed by atoms with E-state index < -0.39 is 15.1 Å². The van der Waals surface area contributed by atoms with E-state index in [4.69, 9.17) is 14.5 Å². The van der Waals surface area contributed by atoms with Gasteiger partial charge < -0.3 is 14.4 Å². The fraction of sp³-hybridized carbons (Fsp3) is 0.500. The third-order valence-electron chi connectivity index (χ3n) is 4.85. The first kappa shape index (κ1) is 18.3. The Bertz CT molecular complexity index is 905. The molecule has 8 nitrogen and oxygen atoms in total. The minimum absolute atomic E-state index is 0.237. The van der Waals surface area contributed by atoms with E-state index in [0.717, 1.165) is 0 Å². The van der Waals surface area contributed by atoms with Crippen LogP contribution in [0.5, 0.6) is 0 Å². The van der Waals surface area contributed by atoms with Crippen molar-refractivity contribution in [3.05, 3.63) is 30.4 Å². The molecule has 0 aliphatic carbocycles. The number of aryl methyl sites for hydroxylation is 1. The highest BCUT2D eigenvalue weighted by Crippen LogP contribution is 2.29. The van der Waals surface area contributed by atoms with Gasteiger partial charge in [-0.25, -0.2) is 23.4 Å². The van der Waals surface area contributed by atoms with Crippen molar-refractivity contribution in [3.63, 3.8) is 0 Å². The van der Waals surface area contributed by atoms with Gasteiger partial charge in [-0.15, -0.1) is 0 Å². The molecule has 144 valence electrons. The average molecular weight is 390 g/mol. The summed E-state index contributed by atoms with van der Waals surface area (Å²) in [5.41, 5.74) is 1.24. The van der Waals surface area contributed by atoms with Gasteiger partial charge >= 0.3 is 0 Å². The maximum atomic E-state index is 13.1. The van der Waals surface area contributed by atoms with Gasteiger partial charge in [0.2, 0.25) is 0 Å². The number of hydrogen-bond donors (Lipinski definition) is 0. The molecule has 4 rings (SSSR count). The van der Waals surface area contributed by atoms with Crippen molar-refractivity contribution in [2.75, 3.05) is 44.4 Å². The van der Waals surface area contributed by atoms with Crippen LogP contribution in [0.25, 0.3) is 11.3 Å². The molecule has 1 atom stereocenters. The molecule has 0 unspecified atom stereocenters. The van der Waals surface area contributed by atoms with Gasteiger partial charge in [0.15, 0.2) is 9.84 Å². The summed E-state index contributed by atoms with van der Waals surface area (Å²) in [4.78, 5) is 15.4. The van der Waals surface area contributed by atoms with Crippen LogP contribution in [0, 0.1) is 6.92 Å². The van der Waals surface area contributed by atoms with Crippen molar-refractivity contribution >= 4 is 15.7 Å². The van der Waals surface area contributed by atoms with E-state index in [2.05, 4.69) is 9.97 Å². The average Bonchev–Trinajstić information content (AvgIpc) is 3.25. The summed E-state index contributed by atoms with van der Waals surface area (Å²) in [6.07, 6.45) is 3.85. The Kier molecular flexibility index (Phi) is 5.07. The third kappa shape index (κ3) is 3.80. The summed E-state index contributed by atoms with van der Waals surface area (Å²) < 4.78 is 37.0. The Morgan fingerprint density at radius 2 is 1.81 bits per heavy atom. The monoisotopic (exact) mass is 390 g/mol. The van der Waals surface area contributed by atoms with Crippen LogP contribution in [0.2, 0.25) is 0 Å². The fourth-order valence-corrected chi connectivity index (χ4v) is 4.85. The normalized spacial score (nSPS) is 20.8. The van der Waals surface area contributed by atoms with Gasteiger partial charge in [0, 0.05) is 37.7 Å². The Morgan fingerprint density at radius 1 is 1.07 bits per heavy atom. The molecule has 0 aromatic carbocycles. The predicted octanol–water partition coefficient (Wildman–Crippen LogP) is 1.25. The van der Waals surface area contributed by atoms with Crippen LogP contribution in [0.15, 0.2) is 29.4 Å². The van der Waals surface area contributed by atoms with Crippen LogP contribution in [-0.4, -0.2) is 68.1 Å². The molecule has 2 aliphatic heterocycles. The van der Waals surface area contributed by atoms with Crippen molar-refractivity contribution in [1.82, 2.24) is 15.0 Å². The number of aromatic nitrogens is 3. The zero-order chi connectivity index (χ0) is 18.9. The molecule has 9 heteroatoms. The molecular formula is C18H22N4O4S. The molecule has 4 heterocycles. The van der Waals surface area contributed by atoms with Crippen molar-refractivity contribution in [2.24, 2.45) is 0 Å². The molecule has 0 N–H and O–H groups in total. The lowest BCUT2D eigenvalue weighted by Crippen LogP contribution is -2.37. The number of anilines is 1. The van der Waals surface area contributed by atoms with Crippen LogP contribution in [0.3, 0.4) is 0 Å². The number of nitrogens with zero attached hydrogens (tertiary/aromatic N) is 4. The summed E-state index contributed by atoms with van der Waals surface area (Å²) in [6, 6.07) is 3.28. The summed E-state index contributed by atoms with van der Waals surface area (Å²) >= 11 is 0. The predicted molar refractivity (Wildman–Crippen MR) is 99.4 cm³/mol. The number of ether oxygens (including phenoxy) is 2. The SMILES string of the molecule is Cc1ncc(-c2cc(S(=O)(=O)[C@@H]3CCOC3)cc(N3CCOCC3)n2)cn1. The molecular weight excluding hydrogens is 368 g/mol. The van der Waals surface area contributed by atoms with Crippen LogP contribution < -0.4 is 4.90 Å². The van der Waals surface area contributed by atoms with E-state index >= 15 is 0 Å². The third-order valence-corrected chi connectivity index (χ3v) is 6.99. The summed E-state index contributed by atoms with van der Waals surface area (Å²) in [5.74, 6) is 1.29. The molecule has 2 aliphatic rings. The second-order valence-corrected chi connectivity index (χ2v) is 8.92. The van der Waals surface area contributed by atoms with Crippen LogP contribution in [0.4, 0.5) is 5.82 Å². The van der Waals surface area contributed by atoms with Gasteiger partial charge in [-0.05, 0) is 25.5 Å². The second-order valence-electron chi connectivity index (χ2n) is 6.70. The molecule has 2 saturated heterocycles. The minimum Gasteiger partial charge on any atom is -0.380 e. The Balaban J connectivity index is 1.79. The first-order chi connectivity index (χ1) is 13.0. The zero-order valence-corrected chi connectivity index (χ0v) is 16.0. The maximum absolute atomic E-state index is 13.1. The highest BCUT2D eigenvalue weighted by atomic mass is 32.2. The molecule has 27 heavy (non-hydrogen) atoms. The van der Waals surface area contributed by atoms with E-state index in [9.17, 15) is 8.42 Å². The quantitative estimate of drug-likeness (QED) is 0.770. The molecule has 0 spiro atoms. The number of hydrogen-bond acceptors (Lipinski definition) is 8. The van der Waals surface area contributed by atoms with Crippen molar-refractivity contribution in [1.29, 1.82) is 0 Å². The lowest BCUT2D eigenvalue weighted by molar-refractivity contribution is 0.122. The Hall–Kier alpha value is -2.10. The number of pyridine rings is 1. The van der Waals surface area contributed by atoms with Crippen LogP contribution in [0.1, 0.15) is 12.2 Å². The van der Waals surface area contributed by atoms with Crippen molar-refractivity contribution in [3.8, 4) is 11.3 Å². The number of morpholine rings is 1. The standard InChI is InChI=1S/C18H22N4O4S/c1-13-19-10-14(11-20-13)17-8-16(27(23,24)15-2-5-26-12-15)9-18(21-17)22-3-6-25-7-4-22/h8-11,15H,2-7,12H2,1H3/t15-/m1/s1. The van der Waals surface area contributed by atoms with Gasteiger partial charge in [-0.2, -0.15) is 0 Å². The summed E-state index contributed by atoms with van der Waals surface area (Å²) in [6.45, 7) is 5.05. The van der Waals surface area contributed by atoms with Gasteiger partial charge in [-0.3, -0.25) is 0 Å². The molecule has 0 amide bonds. The molecule has 0 radical (unpaired) electrons. The molecule has 2 aromatic heterocycles. The Labute approximate surface area is 158 Å².